The molecule has 0 radical (unpaired) electrons. The van der Waals surface area contributed by atoms with Gasteiger partial charge in [0.1, 0.15) is 18.4 Å². The fourth-order valence-electron chi connectivity index (χ4n) is 4.64. The number of benzene rings is 4. The third-order valence-corrected chi connectivity index (χ3v) is 9.43. The van der Waals surface area contributed by atoms with E-state index in [0.29, 0.717) is 13.0 Å². The average molecular weight is 701 g/mol. The predicted octanol–water partition coefficient (Wildman–Crippen LogP) is 6.60. The average Bonchev–Trinajstić information content (AvgIpc) is 3.02. The van der Waals surface area contributed by atoms with Crippen LogP contribution in [0.5, 0.6) is 0 Å². The van der Waals surface area contributed by atoms with E-state index in [1.807, 2.05) is 61.5 Å². The van der Waals surface area contributed by atoms with Crippen LogP contribution in [0.15, 0.2) is 112 Å². The smallest absolute Gasteiger partial charge is 0.264 e. The quantitative estimate of drug-likeness (QED) is 0.170. The molecule has 1 N–H and O–H groups in total. The van der Waals surface area contributed by atoms with Crippen molar-refractivity contribution in [2.75, 3.05) is 17.4 Å². The first-order chi connectivity index (χ1) is 21.1. The molecule has 0 unspecified atom stereocenters. The van der Waals surface area contributed by atoms with Gasteiger partial charge in [-0.15, -0.1) is 0 Å². The fourth-order valence-corrected chi connectivity index (χ4v) is 6.69. The van der Waals surface area contributed by atoms with Gasteiger partial charge < -0.3 is 10.2 Å². The second kappa shape index (κ2) is 15.3. The third-order valence-electron chi connectivity index (χ3n) is 6.86. The maximum Gasteiger partial charge on any atom is 0.264 e. The molecule has 0 saturated carbocycles. The van der Waals surface area contributed by atoms with E-state index in [1.165, 1.54) is 29.2 Å². The Kier molecular flexibility index (Phi) is 11.5. The molecule has 7 nitrogen and oxygen atoms in total. The molecular formula is C33H32BrClFN3O4S. The van der Waals surface area contributed by atoms with E-state index in [2.05, 4.69) is 21.2 Å². The Morgan fingerprint density at radius 2 is 1.57 bits per heavy atom. The first-order valence-electron chi connectivity index (χ1n) is 14.0. The van der Waals surface area contributed by atoms with Crippen molar-refractivity contribution in [1.29, 1.82) is 0 Å². The van der Waals surface area contributed by atoms with E-state index in [9.17, 15) is 22.4 Å². The minimum absolute atomic E-state index is 0.00560. The summed E-state index contributed by atoms with van der Waals surface area (Å²) in [5.41, 5.74) is 1.57. The summed E-state index contributed by atoms with van der Waals surface area (Å²) in [5, 5.41) is 2.61. The molecule has 4 aromatic rings. The topological polar surface area (TPSA) is 86.8 Å². The lowest BCUT2D eigenvalue weighted by Crippen LogP contribution is -2.53. The lowest BCUT2D eigenvalue weighted by molar-refractivity contribution is -0.140. The maximum absolute atomic E-state index is 14.4. The van der Waals surface area contributed by atoms with Gasteiger partial charge in [-0.05, 0) is 60.0 Å². The van der Waals surface area contributed by atoms with Gasteiger partial charge in [-0.3, -0.25) is 13.9 Å². The number of hydrogen-bond donors (Lipinski definition) is 1. The summed E-state index contributed by atoms with van der Waals surface area (Å²) >= 11 is 9.52. The van der Waals surface area contributed by atoms with Crippen molar-refractivity contribution in [3.05, 3.63) is 130 Å². The molecule has 0 aliphatic heterocycles. The molecule has 0 saturated heterocycles. The summed E-state index contributed by atoms with van der Waals surface area (Å²) in [4.78, 5) is 29.4. The maximum atomic E-state index is 14.4. The molecule has 44 heavy (non-hydrogen) atoms. The molecule has 4 rings (SSSR count). The van der Waals surface area contributed by atoms with Crippen LogP contribution in [0.3, 0.4) is 0 Å². The number of nitrogens with one attached hydrogen (secondary N) is 1. The highest BCUT2D eigenvalue weighted by Crippen LogP contribution is 2.28. The lowest BCUT2D eigenvalue weighted by atomic mass is 10.0. The van der Waals surface area contributed by atoms with Crippen LogP contribution in [0, 0.1) is 5.82 Å². The van der Waals surface area contributed by atoms with Crippen molar-refractivity contribution in [3.63, 3.8) is 0 Å². The molecule has 2 amide bonds. The Balaban J connectivity index is 1.81. The summed E-state index contributed by atoms with van der Waals surface area (Å²) in [6, 6.07) is 26.8. The molecule has 0 aromatic heterocycles. The van der Waals surface area contributed by atoms with E-state index < -0.39 is 34.3 Å². The SMILES string of the molecule is CCCNC(=O)[C@H](Cc1ccccc1)N(Cc1cccc(Br)c1)C(=O)CN(c1ccc(F)c(Cl)c1)S(=O)(=O)c1ccccc1. The standard InChI is InChI=1S/C33H32BrClFN3O4S/c1-2-18-37-33(41)31(20-24-10-5-3-6-11-24)38(22-25-12-9-13-26(34)19-25)32(40)23-39(27-16-17-30(36)29(35)21-27)44(42,43)28-14-7-4-8-15-28/h3-17,19,21,31H,2,18,20,22-23H2,1H3,(H,37,41)/t31-/m0/s1. The van der Waals surface area contributed by atoms with Crippen LogP contribution in [-0.4, -0.2) is 44.3 Å². The molecule has 0 spiro atoms. The number of amides is 2. The van der Waals surface area contributed by atoms with Crippen molar-refractivity contribution in [1.82, 2.24) is 10.2 Å². The van der Waals surface area contributed by atoms with Crippen LogP contribution in [0.1, 0.15) is 24.5 Å². The van der Waals surface area contributed by atoms with Gasteiger partial charge in [0.05, 0.1) is 15.6 Å². The summed E-state index contributed by atoms with van der Waals surface area (Å²) in [6.07, 6.45) is 0.891. The summed E-state index contributed by atoms with van der Waals surface area (Å²) in [6.45, 7) is 1.70. The zero-order chi connectivity index (χ0) is 31.7. The number of carbonyl (C=O) groups excluding carboxylic acids is 2. The Labute approximate surface area is 270 Å². The van der Waals surface area contributed by atoms with Crippen molar-refractivity contribution >= 4 is 55.1 Å². The molecule has 0 aliphatic rings. The Hall–Kier alpha value is -3.73. The van der Waals surface area contributed by atoms with Gasteiger partial charge in [-0.1, -0.05) is 95.1 Å². The second-order valence-electron chi connectivity index (χ2n) is 10.1. The molecule has 11 heteroatoms. The van der Waals surface area contributed by atoms with Crippen LogP contribution in [0.4, 0.5) is 10.1 Å². The van der Waals surface area contributed by atoms with E-state index in [4.69, 9.17) is 11.6 Å². The van der Waals surface area contributed by atoms with Crippen LogP contribution in [0.25, 0.3) is 0 Å². The van der Waals surface area contributed by atoms with E-state index >= 15 is 0 Å². The van der Waals surface area contributed by atoms with Gasteiger partial charge >= 0.3 is 0 Å². The van der Waals surface area contributed by atoms with Crippen molar-refractivity contribution in [2.45, 2.75) is 37.2 Å². The van der Waals surface area contributed by atoms with Gasteiger partial charge in [-0.25, -0.2) is 12.8 Å². The number of anilines is 1. The first-order valence-corrected chi connectivity index (χ1v) is 16.6. The summed E-state index contributed by atoms with van der Waals surface area (Å²) in [7, 11) is -4.31. The van der Waals surface area contributed by atoms with Crippen LogP contribution < -0.4 is 9.62 Å². The molecule has 0 bridgehead atoms. The van der Waals surface area contributed by atoms with Crippen molar-refractivity contribution in [2.24, 2.45) is 0 Å². The molecule has 1 atom stereocenters. The van der Waals surface area contributed by atoms with Gasteiger partial charge in [0, 0.05) is 24.0 Å². The Bertz CT molecular complexity index is 1690. The highest BCUT2D eigenvalue weighted by atomic mass is 79.9. The molecule has 0 aliphatic carbocycles. The minimum Gasteiger partial charge on any atom is -0.354 e. The largest absolute Gasteiger partial charge is 0.354 e. The number of halogens is 3. The van der Waals surface area contributed by atoms with Crippen molar-refractivity contribution < 1.29 is 22.4 Å². The highest BCUT2D eigenvalue weighted by Gasteiger charge is 2.34. The lowest BCUT2D eigenvalue weighted by Gasteiger charge is -2.34. The highest BCUT2D eigenvalue weighted by molar-refractivity contribution is 9.10. The number of carbonyl (C=O) groups is 2. The predicted molar refractivity (Wildman–Crippen MR) is 174 cm³/mol. The molecule has 0 fully saturated rings. The van der Waals surface area contributed by atoms with Gasteiger partial charge in [0.2, 0.25) is 11.8 Å². The van der Waals surface area contributed by atoms with E-state index in [0.717, 1.165) is 26.0 Å². The van der Waals surface area contributed by atoms with Gasteiger partial charge in [0.15, 0.2) is 0 Å². The molecule has 0 heterocycles. The number of nitrogens with zero attached hydrogens (tertiary/aromatic N) is 2. The minimum atomic E-state index is -4.31. The van der Waals surface area contributed by atoms with E-state index in [1.54, 1.807) is 18.2 Å². The number of rotatable bonds is 13. The zero-order valence-corrected chi connectivity index (χ0v) is 27.2. The fraction of sp³-hybridized carbons (Fsp3) is 0.212. The Morgan fingerprint density at radius 1 is 0.909 bits per heavy atom. The Morgan fingerprint density at radius 3 is 2.20 bits per heavy atom. The molecule has 4 aromatic carbocycles. The van der Waals surface area contributed by atoms with Gasteiger partial charge in [0.25, 0.3) is 10.0 Å². The summed E-state index contributed by atoms with van der Waals surface area (Å²) < 4.78 is 43.7. The normalized spacial score (nSPS) is 11.9. The van der Waals surface area contributed by atoms with Gasteiger partial charge in [-0.2, -0.15) is 0 Å². The third kappa shape index (κ3) is 8.46. The monoisotopic (exact) mass is 699 g/mol. The van der Waals surface area contributed by atoms with E-state index in [-0.39, 0.29) is 34.5 Å². The zero-order valence-electron chi connectivity index (χ0n) is 24.0. The van der Waals surface area contributed by atoms with Crippen LogP contribution in [-0.2, 0) is 32.6 Å². The molecule has 230 valence electrons. The second-order valence-corrected chi connectivity index (χ2v) is 13.3. The summed E-state index contributed by atoms with van der Waals surface area (Å²) in [5.74, 6) is -1.72. The van der Waals surface area contributed by atoms with Crippen LogP contribution >= 0.6 is 27.5 Å². The first kappa shape index (κ1) is 33.2. The number of hydrogen-bond acceptors (Lipinski definition) is 4. The van der Waals surface area contributed by atoms with Crippen LogP contribution in [0.2, 0.25) is 5.02 Å². The van der Waals surface area contributed by atoms with Crippen molar-refractivity contribution in [3.8, 4) is 0 Å². The number of sulfonamides is 1. The molecular weight excluding hydrogens is 669 g/mol.